The van der Waals surface area contributed by atoms with Gasteiger partial charge in [0.15, 0.2) is 0 Å². The second-order valence-corrected chi connectivity index (χ2v) is 6.19. The first kappa shape index (κ1) is 15.5. The first-order chi connectivity index (χ1) is 11.2. The lowest BCUT2D eigenvalue weighted by Crippen LogP contribution is -2.27. The van der Waals surface area contributed by atoms with Crippen molar-refractivity contribution in [3.05, 3.63) is 59.9 Å². The highest BCUT2D eigenvalue weighted by Gasteiger charge is 2.16. The maximum absolute atomic E-state index is 12.4. The number of pyridine rings is 1. The lowest BCUT2D eigenvalue weighted by Gasteiger charge is -2.16. The van der Waals surface area contributed by atoms with Gasteiger partial charge < -0.3 is 10.6 Å². The fourth-order valence-electron chi connectivity index (χ4n) is 3.05. The summed E-state index contributed by atoms with van der Waals surface area (Å²) in [7, 11) is 0. The summed E-state index contributed by atoms with van der Waals surface area (Å²) in [5.74, 6) is -0.0936. The number of benzene rings is 1. The van der Waals surface area contributed by atoms with Gasteiger partial charge in [-0.05, 0) is 31.4 Å². The summed E-state index contributed by atoms with van der Waals surface area (Å²) in [6.45, 7) is 1.99. The zero-order valence-corrected chi connectivity index (χ0v) is 13.5. The molecule has 23 heavy (non-hydrogen) atoms. The summed E-state index contributed by atoms with van der Waals surface area (Å²) in [5, 5.41) is 6.51. The van der Waals surface area contributed by atoms with Gasteiger partial charge in [0.1, 0.15) is 0 Å². The van der Waals surface area contributed by atoms with Crippen LogP contribution in [0.3, 0.4) is 0 Å². The number of carbonyl (C=O) groups excluding carboxylic acids is 1. The van der Waals surface area contributed by atoms with E-state index in [1.807, 2.05) is 43.3 Å². The predicted octanol–water partition coefficient (Wildman–Crippen LogP) is 3.93. The SMILES string of the molecule is CC(NC(=O)c1cncc(NC2CCCC2)c1)c1ccccc1. The normalized spacial score (nSPS) is 16.0. The van der Waals surface area contributed by atoms with Crippen molar-refractivity contribution in [1.29, 1.82) is 0 Å². The van der Waals surface area contributed by atoms with Crippen molar-refractivity contribution in [3.63, 3.8) is 0 Å². The van der Waals surface area contributed by atoms with E-state index in [-0.39, 0.29) is 11.9 Å². The van der Waals surface area contributed by atoms with Gasteiger partial charge in [-0.15, -0.1) is 0 Å². The van der Waals surface area contributed by atoms with Gasteiger partial charge in [-0.3, -0.25) is 9.78 Å². The zero-order valence-electron chi connectivity index (χ0n) is 13.5. The van der Waals surface area contributed by atoms with Gasteiger partial charge in [-0.2, -0.15) is 0 Å². The van der Waals surface area contributed by atoms with E-state index < -0.39 is 0 Å². The minimum absolute atomic E-state index is 0.0323. The maximum atomic E-state index is 12.4. The van der Waals surface area contributed by atoms with E-state index in [9.17, 15) is 4.79 Å². The Kier molecular flexibility index (Phi) is 4.91. The number of nitrogens with zero attached hydrogens (tertiary/aromatic N) is 1. The van der Waals surface area contributed by atoms with Crippen LogP contribution >= 0.6 is 0 Å². The summed E-state index contributed by atoms with van der Waals surface area (Å²) in [6.07, 6.45) is 8.35. The molecule has 1 aromatic carbocycles. The van der Waals surface area contributed by atoms with E-state index in [1.165, 1.54) is 25.7 Å². The number of hydrogen-bond acceptors (Lipinski definition) is 3. The molecule has 2 N–H and O–H groups in total. The quantitative estimate of drug-likeness (QED) is 0.880. The van der Waals surface area contributed by atoms with Gasteiger partial charge in [0.25, 0.3) is 5.91 Å². The molecular formula is C19H23N3O. The van der Waals surface area contributed by atoms with Crippen molar-refractivity contribution in [2.45, 2.75) is 44.7 Å². The predicted molar refractivity (Wildman–Crippen MR) is 92.4 cm³/mol. The lowest BCUT2D eigenvalue weighted by atomic mass is 10.1. The van der Waals surface area contributed by atoms with E-state index in [0.29, 0.717) is 11.6 Å². The van der Waals surface area contributed by atoms with Gasteiger partial charge in [0.05, 0.1) is 17.3 Å². The van der Waals surface area contributed by atoms with Gasteiger partial charge in [-0.1, -0.05) is 43.2 Å². The van der Waals surface area contributed by atoms with Crippen LogP contribution in [0.2, 0.25) is 0 Å². The summed E-state index contributed by atoms with van der Waals surface area (Å²) in [6, 6.07) is 12.3. The molecule has 0 radical (unpaired) electrons. The van der Waals surface area contributed by atoms with Crippen molar-refractivity contribution in [1.82, 2.24) is 10.3 Å². The highest BCUT2D eigenvalue weighted by atomic mass is 16.1. The second kappa shape index (κ2) is 7.27. The summed E-state index contributed by atoms with van der Waals surface area (Å²) in [4.78, 5) is 16.6. The van der Waals surface area contributed by atoms with Crippen LogP contribution in [0.1, 0.15) is 54.6 Å². The minimum atomic E-state index is -0.0936. The Balaban J connectivity index is 1.65. The third-order valence-electron chi connectivity index (χ3n) is 4.37. The maximum Gasteiger partial charge on any atom is 0.253 e. The number of anilines is 1. The monoisotopic (exact) mass is 309 g/mol. The Hall–Kier alpha value is -2.36. The molecule has 1 unspecified atom stereocenters. The third kappa shape index (κ3) is 4.09. The number of rotatable bonds is 5. The van der Waals surface area contributed by atoms with Crippen LogP contribution in [0, 0.1) is 0 Å². The average molecular weight is 309 g/mol. The van der Waals surface area contributed by atoms with Crippen LogP contribution < -0.4 is 10.6 Å². The Labute approximate surface area is 137 Å². The third-order valence-corrected chi connectivity index (χ3v) is 4.37. The number of aromatic nitrogens is 1. The molecular weight excluding hydrogens is 286 g/mol. The first-order valence-corrected chi connectivity index (χ1v) is 8.30. The molecule has 0 spiro atoms. The molecule has 1 saturated carbocycles. The van der Waals surface area contributed by atoms with Gasteiger partial charge >= 0.3 is 0 Å². The standard InChI is InChI=1S/C19H23N3O/c1-14(15-7-3-2-4-8-15)21-19(23)16-11-18(13-20-12-16)22-17-9-5-6-10-17/h2-4,7-8,11-14,17,22H,5-6,9-10H2,1H3,(H,21,23). The van der Waals surface area contributed by atoms with Crippen molar-refractivity contribution in [3.8, 4) is 0 Å². The Morgan fingerprint density at radius 3 is 2.65 bits per heavy atom. The molecule has 1 aliphatic carbocycles. The van der Waals surface area contributed by atoms with Crippen molar-refractivity contribution < 1.29 is 4.79 Å². The molecule has 0 aliphatic heterocycles. The minimum Gasteiger partial charge on any atom is -0.381 e. The van der Waals surface area contributed by atoms with Gasteiger partial charge in [0.2, 0.25) is 0 Å². The van der Waals surface area contributed by atoms with E-state index in [2.05, 4.69) is 15.6 Å². The molecule has 2 aromatic rings. The van der Waals surface area contributed by atoms with Crippen LogP contribution in [-0.2, 0) is 0 Å². The van der Waals surface area contributed by atoms with Crippen LogP contribution in [0.5, 0.6) is 0 Å². The average Bonchev–Trinajstić information content (AvgIpc) is 3.09. The molecule has 1 aromatic heterocycles. The summed E-state index contributed by atoms with van der Waals surface area (Å²) >= 11 is 0. The number of carbonyl (C=O) groups is 1. The molecule has 120 valence electrons. The fraction of sp³-hybridized carbons (Fsp3) is 0.368. The zero-order chi connectivity index (χ0) is 16.1. The molecule has 1 heterocycles. The molecule has 1 amide bonds. The topological polar surface area (TPSA) is 54.0 Å². The van der Waals surface area contributed by atoms with Crippen LogP contribution in [0.15, 0.2) is 48.8 Å². The molecule has 4 nitrogen and oxygen atoms in total. The van der Waals surface area contributed by atoms with Crippen LogP contribution in [0.4, 0.5) is 5.69 Å². The first-order valence-electron chi connectivity index (χ1n) is 8.30. The van der Waals surface area contributed by atoms with Gasteiger partial charge in [0, 0.05) is 18.4 Å². The number of amides is 1. The highest BCUT2D eigenvalue weighted by molar-refractivity contribution is 5.95. The Morgan fingerprint density at radius 2 is 1.91 bits per heavy atom. The summed E-state index contributed by atoms with van der Waals surface area (Å²) < 4.78 is 0. The van der Waals surface area contributed by atoms with Crippen molar-refractivity contribution in [2.24, 2.45) is 0 Å². The lowest BCUT2D eigenvalue weighted by molar-refractivity contribution is 0.0939. The van der Waals surface area contributed by atoms with Crippen LogP contribution in [-0.4, -0.2) is 16.9 Å². The van der Waals surface area contributed by atoms with E-state index in [1.54, 1.807) is 12.4 Å². The summed E-state index contributed by atoms with van der Waals surface area (Å²) in [5.41, 5.74) is 2.61. The molecule has 1 aliphatic rings. The van der Waals surface area contributed by atoms with E-state index in [4.69, 9.17) is 0 Å². The van der Waals surface area contributed by atoms with Crippen LogP contribution in [0.25, 0.3) is 0 Å². The smallest absolute Gasteiger partial charge is 0.253 e. The molecule has 3 rings (SSSR count). The Bertz CT molecular complexity index is 651. The largest absolute Gasteiger partial charge is 0.381 e. The molecule has 1 atom stereocenters. The van der Waals surface area contributed by atoms with Crippen molar-refractivity contribution >= 4 is 11.6 Å². The Morgan fingerprint density at radius 1 is 1.17 bits per heavy atom. The fourth-order valence-corrected chi connectivity index (χ4v) is 3.05. The second-order valence-electron chi connectivity index (χ2n) is 6.19. The molecule has 1 fully saturated rings. The number of hydrogen-bond donors (Lipinski definition) is 2. The molecule has 0 saturated heterocycles. The molecule has 0 bridgehead atoms. The highest BCUT2D eigenvalue weighted by Crippen LogP contribution is 2.22. The van der Waals surface area contributed by atoms with E-state index >= 15 is 0 Å². The number of nitrogens with one attached hydrogen (secondary N) is 2. The van der Waals surface area contributed by atoms with E-state index in [0.717, 1.165) is 11.3 Å². The molecule has 4 heteroatoms. The van der Waals surface area contributed by atoms with Crippen molar-refractivity contribution in [2.75, 3.05) is 5.32 Å². The van der Waals surface area contributed by atoms with Gasteiger partial charge in [-0.25, -0.2) is 0 Å².